The van der Waals surface area contributed by atoms with Crippen LogP contribution in [0.2, 0.25) is 0 Å². The zero-order valence-corrected chi connectivity index (χ0v) is 19.8. The molecule has 0 fully saturated rings. The van der Waals surface area contributed by atoms with Crippen LogP contribution in [0.3, 0.4) is 0 Å². The summed E-state index contributed by atoms with van der Waals surface area (Å²) in [4.78, 5) is 0. The molecular formula is C20H34SiZr-4. The molecule has 0 N–H and O–H groups in total. The van der Waals surface area contributed by atoms with Gasteiger partial charge in [0.1, 0.15) is 0 Å². The Balaban J connectivity index is -0.000000273. The second-order valence-electron chi connectivity index (χ2n) is 6.92. The molecule has 126 valence electrons. The molecule has 0 radical (unpaired) electrons. The molecule has 22 heavy (non-hydrogen) atoms. The van der Waals surface area contributed by atoms with Crippen LogP contribution >= 0.6 is 0 Å². The third-order valence-corrected chi connectivity index (χ3v) is 3.13. The normalized spacial score (nSPS) is 15.1. The van der Waals surface area contributed by atoms with Crippen LogP contribution in [0.1, 0.15) is 54.4 Å². The first-order valence-corrected chi connectivity index (χ1v) is 13.0. The van der Waals surface area contributed by atoms with Crippen molar-refractivity contribution < 1.29 is 23.3 Å². The number of hydrogen-bond donors (Lipinski definition) is 0. The number of rotatable bonds is 0. The quantitative estimate of drug-likeness (QED) is 0.380. The zero-order valence-electron chi connectivity index (χ0n) is 15.9. The summed E-state index contributed by atoms with van der Waals surface area (Å²) in [6, 6.07) is 0. The third kappa shape index (κ3) is 10.7. The van der Waals surface area contributed by atoms with Crippen LogP contribution in [0, 0.1) is 37.8 Å². The van der Waals surface area contributed by atoms with E-state index in [0.29, 0.717) is 10.8 Å². The fourth-order valence-corrected chi connectivity index (χ4v) is 1.84. The summed E-state index contributed by atoms with van der Waals surface area (Å²) in [6.45, 7) is 15.3. The maximum absolute atomic E-state index is 3.16. The summed E-state index contributed by atoms with van der Waals surface area (Å²) in [6.07, 6.45) is 17.0. The van der Waals surface area contributed by atoms with E-state index in [2.05, 4.69) is 78.0 Å². The molecule has 0 saturated carbocycles. The van der Waals surface area contributed by atoms with Gasteiger partial charge in [0.25, 0.3) is 0 Å². The van der Waals surface area contributed by atoms with E-state index in [1.165, 1.54) is 11.1 Å². The van der Waals surface area contributed by atoms with Gasteiger partial charge >= 0.3 is 30.2 Å². The Morgan fingerprint density at radius 2 is 1.05 bits per heavy atom. The van der Waals surface area contributed by atoms with Gasteiger partial charge in [0.2, 0.25) is 0 Å². The molecule has 0 amide bonds. The van der Waals surface area contributed by atoms with E-state index in [1.54, 1.807) is 23.3 Å². The van der Waals surface area contributed by atoms with Crippen molar-refractivity contribution in [3.63, 3.8) is 0 Å². The number of hydrogen-bond acceptors (Lipinski definition) is 0. The molecular weight excluding hydrogens is 360 g/mol. The van der Waals surface area contributed by atoms with Gasteiger partial charge in [-0.05, 0) is 0 Å². The Kier molecular flexibility index (Phi) is 15.3. The summed E-state index contributed by atoms with van der Waals surface area (Å²) in [5.74, 6) is 0. The van der Waals surface area contributed by atoms with E-state index in [9.17, 15) is 0 Å². The van der Waals surface area contributed by atoms with Crippen molar-refractivity contribution >= 4 is 6.88 Å². The van der Waals surface area contributed by atoms with Crippen molar-refractivity contribution in [1.82, 2.24) is 0 Å². The molecule has 0 aliphatic heterocycles. The average molecular weight is 394 g/mol. The van der Waals surface area contributed by atoms with Gasteiger partial charge in [-0.15, -0.1) is 12.8 Å². The third-order valence-electron chi connectivity index (χ3n) is 3.13. The van der Waals surface area contributed by atoms with Crippen molar-refractivity contribution in [3.05, 3.63) is 62.5 Å². The SMILES string of the molecule is CC(C)(C)C1=CC[C-]=C1.CC(C)(C)C1=CC[C-]=C1.[CH3-].[CH3-].[SiH2]=[Zr]. The second-order valence-corrected chi connectivity index (χ2v) is 6.92. The van der Waals surface area contributed by atoms with Crippen molar-refractivity contribution in [3.8, 4) is 0 Å². The number of allylic oxidation sites excluding steroid dienone is 8. The molecule has 0 aromatic heterocycles. The molecule has 0 saturated heterocycles. The van der Waals surface area contributed by atoms with Crippen LogP contribution in [0.5, 0.6) is 0 Å². The van der Waals surface area contributed by atoms with Crippen molar-refractivity contribution in [2.45, 2.75) is 54.4 Å². The fourth-order valence-electron chi connectivity index (χ4n) is 1.84. The molecule has 2 aliphatic rings. The van der Waals surface area contributed by atoms with Crippen molar-refractivity contribution in [1.29, 1.82) is 0 Å². The molecule has 2 aliphatic carbocycles. The van der Waals surface area contributed by atoms with Crippen LogP contribution in [-0.4, -0.2) is 6.88 Å². The minimum absolute atomic E-state index is 0. The van der Waals surface area contributed by atoms with E-state index in [1.807, 2.05) is 6.88 Å². The average Bonchev–Trinajstić information content (AvgIpc) is 3.04. The summed E-state index contributed by atoms with van der Waals surface area (Å²) >= 11 is 1.58. The molecule has 0 nitrogen and oxygen atoms in total. The van der Waals surface area contributed by atoms with Gasteiger partial charge in [0.05, 0.1) is 0 Å². The van der Waals surface area contributed by atoms with Gasteiger partial charge in [0, 0.05) is 0 Å². The predicted octanol–water partition coefficient (Wildman–Crippen LogP) is 5.43. The maximum atomic E-state index is 3.16. The van der Waals surface area contributed by atoms with Gasteiger partial charge in [-0.2, -0.15) is 23.3 Å². The summed E-state index contributed by atoms with van der Waals surface area (Å²) in [5.41, 5.74) is 3.48. The summed E-state index contributed by atoms with van der Waals surface area (Å²) in [5, 5.41) is 0. The molecule has 0 atom stereocenters. The van der Waals surface area contributed by atoms with Gasteiger partial charge in [0.15, 0.2) is 0 Å². The van der Waals surface area contributed by atoms with E-state index in [4.69, 9.17) is 0 Å². The van der Waals surface area contributed by atoms with E-state index in [0.717, 1.165) is 12.8 Å². The first-order chi connectivity index (χ1) is 9.21. The Morgan fingerprint density at radius 3 is 1.14 bits per heavy atom. The van der Waals surface area contributed by atoms with Crippen LogP contribution in [-0.2, 0) is 23.3 Å². The monoisotopic (exact) mass is 392 g/mol. The minimum atomic E-state index is 0. The first kappa shape index (κ1) is 26.9. The van der Waals surface area contributed by atoms with Crippen molar-refractivity contribution in [2.75, 3.05) is 0 Å². The van der Waals surface area contributed by atoms with Crippen LogP contribution < -0.4 is 0 Å². The van der Waals surface area contributed by atoms with Gasteiger partial charge in [-0.3, -0.25) is 12.2 Å². The molecule has 0 unspecified atom stereocenters. The molecule has 0 aromatic carbocycles. The van der Waals surface area contributed by atoms with Gasteiger partial charge in [-0.25, -0.2) is 12.2 Å². The van der Waals surface area contributed by atoms with Crippen molar-refractivity contribution in [2.24, 2.45) is 10.8 Å². The molecule has 2 heteroatoms. The second kappa shape index (κ2) is 12.5. The standard InChI is InChI=1S/2C9H13.2CH3.H2Si.Zr/c2*1-9(2,3)8-6-4-5-7-8;;;;/h2*6-7H,4H2,1-3H3;2*1H3;1H2;/q4*-1;;. The Hall–Kier alpha value is 0.0600. The van der Waals surface area contributed by atoms with E-state index >= 15 is 0 Å². The predicted molar refractivity (Wildman–Crippen MR) is 101 cm³/mol. The van der Waals surface area contributed by atoms with Crippen LogP contribution in [0.4, 0.5) is 0 Å². The Morgan fingerprint density at radius 1 is 0.773 bits per heavy atom. The topological polar surface area (TPSA) is 0 Å². The van der Waals surface area contributed by atoms with E-state index < -0.39 is 0 Å². The van der Waals surface area contributed by atoms with Crippen LogP contribution in [0.15, 0.2) is 35.5 Å². The Bertz CT molecular complexity index is 372. The summed E-state index contributed by atoms with van der Waals surface area (Å²) in [7, 11) is 0. The summed E-state index contributed by atoms with van der Waals surface area (Å²) < 4.78 is 0. The van der Waals surface area contributed by atoms with E-state index in [-0.39, 0.29) is 14.9 Å². The Labute approximate surface area is 157 Å². The van der Waals surface area contributed by atoms with Gasteiger partial charge in [-0.1, -0.05) is 52.4 Å². The fraction of sp³-hybridized carbons (Fsp3) is 0.500. The molecule has 2 rings (SSSR count). The molecule has 0 spiro atoms. The molecule has 0 aromatic rings. The molecule has 0 bridgehead atoms. The van der Waals surface area contributed by atoms with Gasteiger partial charge < -0.3 is 14.9 Å². The molecule has 0 heterocycles. The first-order valence-electron chi connectivity index (χ1n) is 7.11. The zero-order chi connectivity index (χ0) is 15.8. The van der Waals surface area contributed by atoms with Crippen LogP contribution in [0.25, 0.3) is 0 Å².